The topological polar surface area (TPSA) is 46.2 Å². The van der Waals surface area contributed by atoms with E-state index in [1.54, 1.807) is 6.07 Å². The zero-order chi connectivity index (χ0) is 9.84. The van der Waals surface area contributed by atoms with Crippen molar-refractivity contribution in [3.8, 4) is 0 Å². The highest BCUT2D eigenvalue weighted by molar-refractivity contribution is 5.30. The van der Waals surface area contributed by atoms with Gasteiger partial charge in [0.05, 0.1) is 6.61 Å². The zero-order valence-corrected chi connectivity index (χ0v) is 7.63. The second kappa shape index (κ2) is 4.35. The maximum atomic E-state index is 12.7. The highest BCUT2D eigenvalue weighted by Gasteiger charge is 2.10. The summed E-state index contributed by atoms with van der Waals surface area (Å²) in [5, 5.41) is 9.00. The molecule has 0 spiro atoms. The Hall–Kier alpha value is -0.930. The summed E-state index contributed by atoms with van der Waals surface area (Å²) >= 11 is 0. The first-order valence-corrected chi connectivity index (χ1v) is 4.26. The Morgan fingerprint density at radius 2 is 2.23 bits per heavy atom. The molecule has 2 nitrogen and oxygen atoms in total. The van der Waals surface area contributed by atoms with Crippen LogP contribution in [0, 0.1) is 12.7 Å². The van der Waals surface area contributed by atoms with Crippen LogP contribution >= 0.6 is 0 Å². The van der Waals surface area contributed by atoms with E-state index in [2.05, 4.69) is 0 Å². The predicted molar refractivity (Wildman–Crippen MR) is 50.0 cm³/mol. The first-order valence-electron chi connectivity index (χ1n) is 4.26. The summed E-state index contributed by atoms with van der Waals surface area (Å²) in [5.41, 5.74) is 7.23. The number of halogens is 1. The van der Waals surface area contributed by atoms with Crippen LogP contribution in [0.5, 0.6) is 0 Å². The van der Waals surface area contributed by atoms with E-state index in [1.807, 2.05) is 6.92 Å². The summed E-state index contributed by atoms with van der Waals surface area (Å²) in [6.45, 7) is 2.20. The van der Waals surface area contributed by atoms with Crippen molar-refractivity contribution >= 4 is 0 Å². The van der Waals surface area contributed by atoms with Crippen LogP contribution < -0.4 is 5.73 Å². The molecule has 0 aliphatic heterocycles. The summed E-state index contributed by atoms with van der Waals surface area (Å²) in [6, 6.07) is 4.52. The Kier molecular flexibility index (Phi) is 3.39. The minimum atomic E-state index is -0.255. The van der Waals surface area contributed by atoms with Crippen LogP contribution in [-0.4, -0.2) is 18.3 Å². The highest BCUT2D eigenvalue weighted by Crippen LogP contribution is 2.19. The van der Waals surface area contributed by atoms with Crippen LogP contribution in [0.1, 0.15) is 17.0 Å². The lowest BCUT2D eigenvalue weighted by Crippen LogP contribution is -2.17. The Balaban J connectivity index is 2.99. The molecule has 72 valence electrons. The van der Waals surface area contributed by atoms with E-state index in [0.717, 1.165) is 11.1 Å². The second-order valence-corrected chi connectivity index (χ2v) is 3.12. The molecular weight excluding hydrogens is 169 g/mol. The number of nitrogens with two attached hydrogens (primary N) is 1. The van der Waals surface area contributed by atoms with Crippen LogP contribution in [-0.2, 0) is 0 Å². The molecule has 1 rings (SSSR count). The smallest absolute Gasteiger partial charge is 0.123 e. The van der Waals surface area contributed by atoms with E-state index in [4.69, 9.17) is 10.8 Å². The average Bonchev–Trinajstić information content (AvgIpc) is 2.10. The van der Waals surface area contributed by atoms with Gasteiger partial charge in [-0.1, -0.05) is 6.07 Å². The van der Waals surface area contributed by atoms with Crippen LogP contribution in [0.25, 0.3) is 0 Å². The van der Waals surface area contributed by atoms with Crippen molar-refractivity contribution in [1.29, 1.82) is 0 Å². The van der Waals surface area contributed by atoms with Crippen molar-refractivity contribution in [2.24, 2.45) is 5.73 Å². The summed E-state index contributed by atoms with van der Waals surface area (Å²) < 4.78 is 12.7. The molecule has 0 radical (unpaired) electrons. The van der Waals surface area contributed by atoms with E-state index in [9.17, 15) is 4.39 Å². The van der Waals surface area contributed by atoms with E-state index in [0.29, 0.717) is 6.54 Å². The fraction of sp³-hybridized carbons (Fsp3) is 0.400. The third-order valence-electron chi connectivity index (χ3n) is 2.18. The fourth-order valence-electron chi connectivity index (χ4n) is 1.40. The van der Waals surface area contributed by atoms with E-state index < -0.39 is 0 Å². The van der Waals surface area contributed by atoms with Gasteiger partial charge in [0.1, 0.15) is 5.82 Å². The minimum absolute atomic E-state index is 0.00295. The van der Waals surface area contributed by atoms with Gasteiger partial charge in [-0.2, -0.15) is 0 Å². The predicted octanol–water partition coefficient (Wildman–Crippen LogP) is 1.17. The maximum Gasteiger partial charge on any atom is 0.123 e. The molecule has 0 aromatic heterocycles. The number of aryl methyl sites for hydroxylation is 1. The molecule has 3 heteroatoms. The molecule has 0 heterocycles. The molecule has 0 saturated carbocycles. The van der Waals surface area contributed by atoms with Crippen molar-refractivity contribution < 1.29 is 9.50 Å². The Labute approximate surface area is 77.2 Å². The molecule has 3 N–H and O–H groups in total. The Bertz CT molecular complexity index is 284. The van der Waals surface area contributed by atoms with Gasteiger partial charge in [0.2, 0.25) is 0 Å². The lowest BCUT2D eigenvalue weighted by atomic mass is 9.95. The molecule has 0 fully saturated rings. The van der Waals surface area contributed by atoms with Crippen molar-refractivity contribution in [2.75, 3.05) is 13.2 Å². The third kappa shape index (κ3) is 2.26. The van der Waals surface area contributed by atoms with Crippen LogP contribution in [0.15, 0.2) is 18.2 Å². The van der Waals surface area contributed by atoms with Gasteiger partial charge >= 0.3 is 0 Å². The molecule has 1 aromatic carbocycles. The van der Waals surface area contributed by atoms with Crippen molar-refractivity contribution in [2.45, 2.75) is 12.8 Å². The van der Waals surface area contributed by atoms with Gasteiger partial charge in [0, 0.05) is 12.5 Å². The molecule has 0 amide bonds. The first-order chi connectivity index (χ1) is 6.19. The normalized spacial score (nSPS) is 12.9. The van der Waals surface area contributed by atoms with Crippen molar-refractivity contribution in [3.63, 3.8) is 0 Å². The van der Waals surface area contributed by atoms with Crippen LogP contribution in [0.4, 0.5) is 4.39 Å². The van der Waals surface area contributed by atoms with Gasteiger partial charge in [0.25, 0.3) is 0 Å². The van der Waals surface area contributed by atoms with E-state index >= 15 is 0 Å². The number of aliphatic hydroxyl groups excluding tert-OH is 1. The Morgan fingerprint density at radius 3 is 2.69 bits per heavy atom. The summed E-state index contributed by atoms with van der Waals surface area (Å²) in [4.78, 5) is 0. The SMILES string of the molecule is Cc1cc(F)ccc1C(CN)CO. The summed E-state index contributed by atoms with van der Waals surface area (Å²) in [6.07, 6.45) is 0. The minimum Gasteiger partial charge on any atom is -0.396 e. The maximum absolute atomic E-state index is 12.7. The van der Waals surface area contributed by atoms with Crippen LogP contribution in [0.3, 0.4) is 0 Å². The zero-order valence-electron chi connectivity index (χ0n) is 7.63. The molecule has 13 heavy (non-hydrogen) atoms. The largest absolute Gasteiger partial charge is 0.396 e. The van der Waals surface area contributed by atoms with Gasteiger partial charge in [-0.05, 0) is 30.2 Å². The average molecular weight is 183 g/mol. The molecule has 0 saturated heterocycles. The molecule has 1 atom stereocenters. The summed E-state index contributed by atoms with van der Waals surface area (Å²) in [7, 11) is 0. The van der Waals surface area contributed by atoms with E-state index in [1.165, 1.54) is 12.1 Å². The van der Waals surface area contributed by atoms with Crippen LogP contribution in [0.2, 0.25) is 0 Å². The summed E-state index contributed by atoms with van der Waals surface area (Å²) in [5.74, 6) is -0.337. The lowest BCUT2D eigenvalue weighted by Gasteiger charge is -2.14. The molecule has 1 aromatic rings. The molecule has 0 bridgehead atoms. The van der Waals surface area contributed by atoms with Crippen molar-refractivity contribution in [1.82, 2.24) is 0 Å². The first kappa shape index (κ1) is 10.2. The third-order valence-corrected chi connectivity index (χ3v) is 2.18. The lowest BCUT2D eigenvalue weighted by molar-refractivity contribution is 0.267. The van der Waals surface area contributed by atoms with Gasteiger partial charge in [-0.25, -0.2) is 4.39 Å². The van der Waals surface area contributed by atoms with E-state index in [-0.39, 0.29) is 18.3 Å². The number of rotatable bonds is 3. The van der Waals surface area contributed by atoms with Gasteiger partial charge in [0.15, 0.2) is 0 Å². The number of aliphatic hydroxyl groups is 1. The van der Waals surface area contributed by atoms with Gasteiger partial charge in [-0.15, -0.1) is 0 Å². The monoisotopic (exact) mass is 183 g/mol. The van der Waals surface area contributed by atoms with Gasteiger partial charge < -0.3 is 10.8 Å². The number of hydrogen-bond acceptors (Lipinski definition) is 2. The molecule has 1 unspecified atom stereocenters. The Morgan fingerprint density at radius 1 is 1.54 bits per heavy atom. The molecule has 0 aliphatic rings. The second-order valence-electron chi connectivity index (χ2n) is 3.12. The van der Waals surface area contributed by atoms with Gasteiger partial charge in [-0.3, -0.25) is 0 Å². The highest BCUT2D eigenvalue weighted by atomic mass is 19.1. The van der Waals surface area contributed by atoms with Crippen molar-refractivity contribution in [3.05, 3.63) is 35.1 Å². The number of benzene rings is 1. The molecule has 0 aliphatic carbocycles. The molecular formula is C10H14FNO. The number of hydrogen-bond donors (Lipinski definition) is 2. The fourth-order valence-corrected chi connectivity index (χ4v) is 1.40. The quantitative estimate of drug-likeness (QED) is 0.738. The standard InChI is InChI=1S/C10H14FNO/c1-7-4-9(11)2-3-10(7)8(5-12)6-13/h2-4,8,13H,5-6,12H2,1H3.